The second-order valence-electron chi connectivity index (χ2n) is 4.47. The molecule has 0 bridgehead atoms. The molecule has 0 spiro atoms. The summed E-state index contributed by atoms with van der Waals surface area (Å²) in [5, 5.41) is 11.7. The molecular formula is C12H18NO3P. The lowest BCUT2D eigenvalue weighted by Gasteiger charge is -2.18. The maximum atomic E-state index is 11.7. The van der Waals surface area contributed by atoms with Crippen LogP contribution in [0.15, 0.2) is 11.2 Å². The quantitative estimate of drug-likeness (QED) is 0.390. The Kier molecular flexibility index (Phi) is 3.99. The number of oxime groups is 1. The van der Waals surface area contributed by atoms with E-state index >= 15 is 0 Å². The number of hydrogen-bond donors (Lipinski definition) is 1. The SMILES string of the molecule is Cc1cc(C)c(OP(C)(C)=O)c(C)c1/C=N/O. The molecule has 17 heavy (non-hydrogen) atoms. The van der Waals surface area contributed by atoms with E-state index in [1.165, 1.54) is 6.21 Å². The summed E-state index contributed by atoms with van der Waals surface area (Å²) in [6.45, 7) is 8.85. The van der Waals surface area contributed by atoms with Gasteiger partial charge in [0.2, 0.25) is 7.37 Å². The van der Waals surface area contributed by atoms with Crippen LogP contribution in [0.1, 0.15) is 22.3 Å². The van der Waals surface area contributed by atoms with Gasteiger partial charge in [-0.15, -0.1) is 0 Å². The van der Waals surface area contributed by atoms with E-state index < -0.39 is 7.37 Å². The standard InChI is InChI=1S/C12H18NO3P/c1-8-6-9(2)12(16-17(4,5)15)10(3)11(8)7-13-14/h6-7,14H,1-5H3/b13-7+. The van der Waals surface area contributed by atoms with Gasteiger partial charge in [-0.05, 0) is 31.9 Å². The summed E-state index contributed by atoms with van der Waals surface area (Å²) in [7, 11) is -2.60. The van der Waals surface area contributed by atoms with E-state index in [9.17, 15) is 4.57 Å². The summed E-state index contributed by atoms with van der Waals surface area (Å²) < 4.78 is 17.3. The van der Waals surface area contributed by atoms with Crippen LogP contribution >= 0.6 is 7.37 Å². The fraction of sp³-hybridized carbons (Fsp3) is 0.417. The molecule has 0 aliphatic heterocycles. The molecule has 5 heteroatoms. The van der Waals surface area contributed by atoms with Gasteiger partial charge in [-0.25, -0.2) is 0 Å². The minimum Gasteiger partial charge on any atom is -0.443 e. The highest BCUT2D eigenvalue weighted by atomic mass is 31.2. The molecular weight excluding hydrogens is 237 g/mol. The van der Waals surface area contributed by atoms with Gasteiger partial charge in [0, 0.05) is 24.5 Å². The second-order valence-corrected chi connectivity index (χ2v) is 7.15. The highest BCUT2D eigenvalue weighted by molar-refractivity contribution is 7.57. The molecule has 1 aromatic rings. The zero-order valence-corrected chi connectivity index (χ0v) is 11.7. The number of rotatable bonds is 3. The molecule has 1 rings (SSSR count). The van der Waals surface area contributed by atoms with Gasteiger partial charge in [0.15, 0.2) is 0 Å². The van der Waals surface area contributed by atoms with E-state index in [1.807, 2.05) is 26.8 Å². The molecule has 1 aromatic carbocycles. The molecule has 0 radical (unpaired) electrons. The van der Waals surface area contributed by atoms with Crippen molar-refractivity contribution in [1.29, 1.82) is 0 Å². The second kappa shape index (κ2) is 4.92. The third kappa shape index (κ3) is 3.34. The number of aryl methyl sites for hydroxylation is 2. The molecule has 0 amide bonds. The lowest BCUT2D eigenvalue weighted by atomic mass is 9.99. The van der Waals surface area contributed by atoms with Gasteiger partial charge >= 0.3 is 0 Å². The van der Waals surface area contributed by atoms with Crippen LogP contribution in [0.5, 0.6) is 5.75 Å². The van der Waals surface area contributed by atoms with Crippen molar-refractivity contribution in [3.8, 4) is 5.75 Å². The highest BCUT2D eigenvalue weighted by Gasteiger charge is 2.16. The Labute approximate surface area is 102 Å². The first-order chi connectivity index (χ1) is 7.76. The van der Waals surface area contributed by atoms with Gasteiger partial charge in [0.1, 0.15) is 5.75 Å². The summed E-state index contributed by atoms with van der Waals surface area (Å²) in [4.78, 5) is 0. The average Bonchev–Trinajstić information content (AvgIpc) is 2.18. The Morgan fingerprint density at radius 1 is 1.29 bits per heavy atom. The first kappa shape index (κ1) is 13.8. The van der Waals surface area contributed by atoms with Crippen LogP contribution in [0, 0.1) is 20.8 Å². The normalized spacial score (nSPS) is 12.1. The van der Waals surface area contributed by atoms with Crippen LogP contribution < -0.4 is 4.52 Å². The van der Waals surface area contributed by atoms with Crippen LogP contribution in [0.3, 0.4) is 0 Å². The number of hydrogen-bond acceptors (Lipinski definition) is 4. The Morgan fingerprint density at radius 2 is 1.88 bits per heavy atom. The molecule has 0 aliphatic carbocycles. The fourth-order valence-electron chi connectivity index (χ4n) is 1.80. The molecule has 1 N–H and O–H groups in total. The Hall–Kier alpha value is -1.28. The van der Waals surface area contributed by atoms with E-state index in [4.69, 9.17) is 9.73 Å². The third-order valence-corrected chi connectivity index (χ3v) is 3.08. The molecule has 0 unspecified atom stereocenters. The summed E-state index contributed by atoms with van der Waals surface area (Å²) in [6, 6.07) is 1.93. The van der Waals surface area contributed by atoms with Crippen molar-refractivity contribution >= 4 is 13.6 Å². The monoisotopic (exact) mass is 255 g/mol. The summed E-state index contributed by atoms with van der Waals surface area (Å²) in [5.41, 5.74) is 3.55. The van der Waals surface area contributed by atoms with E-state index in [-0.39, 0.29) is 0 Å². The largest absolute Gasteiger partial charge is 0.443 e. The summed E-state index contributed by atoms with van der Waals surface area (Å²) >= 11 is 0. The topological polar surface area (TPSA) is 58.9 Å². The smallest absolute Gasteiger partial charge is 0.242 e. The molecule has 4 nitrogen and oxygen atoms in total. The maximum Gasteiger partial charge on any atom is 0.242 e. The third-order valence-electron chi connectivity index (χ3n) is 2.46. The van der Waals surface area contributed by atoms with E-state index in [0.717, 1.165) is 22.3 Å². The van der Waals surface area contributed by atoms with Crippen LogP contribution in [0.4, 0.5) is 0 Å². The van der Waals surface area contributed by atoms with Gasteiger partial charge in [0.25, 0.3) is 0 Å². The molecule has 0 heterocycles. The van der Waals surface area contributed by atoms with Gasteiger partial charge < -0.3 is 9.73 Å². The van der Waals surface area contributed by atoms with Gasteiger partial charge in [-0.2, -0.15) is 0 Å². The van der Waals surface area contributed by atoms with Gasteiger partial charge in [-0.3, -0.25) is 4.57 Å². The first-order valence-electron chi connectivity index (χ1n) is 5.29. The molecule has 0 atom stereocenters. The average molecular weight is 255 g/mol. The van der Waals surface area contributed by atoms with E-state index in [0.29, 0.717) is 5.75 Å². The van der Waals surface area contributed by atoms with E-state index in [2.05, 4.69) is 5.16 Å². The molecule has 0 aliphatic rings. The van der Waals surface area contributed by atoms with Crippen molar-refractivity contribution < 1.29 is 14.3 Å². The van der Waals surface area contributed by atoms with Crippen molar-refractivity contribution in [2.45, 2.75) is 20.8 Å². The van der Waals surface area contributed by atoms with Crippen molar-refractivity contribution in [3.05, 3.63) is 28.3 Å². The molecule has 0 saturated heterocycles. The zero-order chi connectivity index (χ0) is 13.2. The minimum atomic E-state index is -2.60. The van der Waals surface area contributed by atoms with Crippen molar-refractivity contribution in [2.24, 2.45) is 5.16 Å². The fourth-order valence-corrected chi connectivity index (χ4v) is 2.52. The lowest BCUT2D eigenvalue weighted by Crippen LogP contribution is -2.00. The van der Waals surface area contributed by atoms with E-state index in [1.54, 1.807) is 13.3 Å². The zero-order valence-electron chi connectivity index (χ0n) is 10.8. The Morgan fingerprint density at radius 3 is 2.35 bits per heavy atom. The maximum absolute atomic E-state index is 11.7. The Balaban J connectivity index is 3.40. The summed E-state index contributed by atoms with van der Waals surface area (Å²) in [6.07, 6.45) is 1.37. The van der Waals surface area contributed by atoms with Crippen LogP contribution in [-0.4, -0.2) is 24.8 Å². The lowest BCUT2D eigenvalue weighted by molar-refractivity contribution is 0.322. The predicted molar refractivity (Wildman–Crippen MR) is 70.1 cm³/mol. The van der Waals surface area contributed by atoms with Crippen LogP contribution in [-0.2, 0) is 4.57 Å². The van der Waals surface area contributed by atoms with Crippen LogP contribution in [0.2, 0.25) is 0 Å². The van der Waals surface area contributed by atoms with Gasteiger partial charge in [-0.1, -0.05) is 11.2 Å². The summed E-state index contributed by atoms with van der Waals surface area (Å²) in [5.74, 6) is 0.610. The predicted octanol–water partition coefficient (Wildman–Crippen LogP) is 3.34. The first-order valence-corrected chi connectivity index (χ1v) is 7.81. The highest BCUT2D eigenvalue weighted by Crippen LogP contribution is 2.42. The van der Waals surface area contributed by atoms with Crippen molar-refractivity contribution in [1.82, 2.24) is 0 Å². The number of nitrogens with zero attached hydrogens (tertiary/aromatic N) is 1. The Bertz CT molecular complexity index is 503. The minimum absolute atomic E-state index is 0.610. The van der Waals surface area contributed by atoms with Crippen LogP contribution in [0.25, 0.3) is 0 Å². The van der Waals surface area contributed by atoms with Crippen molar-refractivity contribution in [2.75, 3.05) is 13.3 Å². The number of benzene rings is 1. The molecule has 0 aromatic heterocycles. The molecule has 0 fully saturated rings. The molecule has 0 saturated carbocycles. The molecule has 94 valence electrons. The van der Waals surface area contributed by atoms with Gasteiger partial charge in [0.05, 0.1) is 6.21 Å². The van der Waals surface area contributed by atoms with Crippen molar-refractivity contribution in [3.63, 3.8) is 0 Å².